The summed E-state index contributed by atoms with van der Waals surface area (Å²) in [5.74, 6) is -1.13. The van der Waals surface area contributed by atoms with Gasteiger partial charge in [-0.15, -0.1) is 0 Å². The standard InChI is InChI=1S/C16H17N3O4/c1-10-4-3-5-12(8-10)17-16(23)18-13-7-6-11(2)19(15(13)22)9-14(20)21/h3-8H,9H2,1-2H3,(H,20,21)(H2,17,18,23). The third kappa shape index (κ3) is 4.19. The van der Waals surface area contributed by atoms with Crippen LogP contribution in [-0.2, 0) is 11.3 Å². The molecule has 7 nitrogen and oxygen atoms in total. The van der Waals surface area contributed by atoms with E-state index in [2.05, 4.69) is 10.6 Å². The van der Waals surface area contributed by atoms with Crippen molar-refractivity contribution in [3.63, 3.8) is 0 Å². The van der Waals surface area contributed by atoms with Crippen LogP contribution in [0.4, 0.5) is 16.2 Å². The van der Waals surface area contributed by atoms with E-state index in [-0.39, 0.29) is 5.69 Å². The largest absolute Gasteiger partial charge is 0.480 e. The van der Waals surface area contributed by atoms with Crippen molar-refractivity contribution in [3.05, 3.63) is 58.0 Å². The number of rotatable bonds is 4. The van der Waals surface area contributed by atoms with E-state index < -0.39 is 24.1 Å². The summed E-state index contributed by atoms with van der Waals surface area (Å²) < 4.78 is 1.09. The summed E-state index contributed by atoms with van der Waals surface area (Å²) in [6.07, 6.45) is 0. The molecule has 0 bridgehead atoms. The summed E-state index contributed by atoms with van der Waals surface area (Å²) in [6, 6.07) is 9.67. The molecule has 0 saturated heterocycles. The molecule has 0 unspecified atom stereocenters. The number of amides is 2. The molecule has 0 saturated carbocycles. The average molecular weight is 315 g/mol. The summed E-state index contributed by atoms with van der Waals surface area (Å²) in [5, 5.41) is 13.9. The van der Waals surface area contributed by atoms with Crippen molar-refractivity contribution >= 4 is 23.4 Å². The lowest BCUT2D eigenvalue weighted by Gasteiger charge is -2.11. The predicted octanol–water partition coefficient (Wildman–Crippen LogP) is 2.19. The van der Waals surface area contributed by atoms with Gasteiger partial charge in [-0.1, -0.05) is 12.1 Å². The Labute approximate surface area is 132 Å². The number of aliphatic carboxylic acids is 1. The van der Waals surface area contributed by atoms with Crippen LogP contribution in [0.1, 0.15) is 11.3 Å². The molecule has 0 spiro atoms. The number of anilines is 2. The first-order valence-corrected chi connectivity index (χ1v) is 6.94. The quantitative estimate of drug-likeness (QED) is 0.805. The molecule has 3 N–H and O–H groups in total. The van der Waals surface area contributed by atoms with E-state index in [9.17, 15) is 14.4 Å². The van der Waals surface area contributed by atoms with Crippen molar-refractivity contribution in [1.82, 2.24) is 4.57 Å². The van der Waals surface area contributed by atoms with Crippen LogP contribution in [0.25, 0.3) is 0 Å². The second-order valence-electron chi connectivity index (χ2n) is 5.12. The highest BCUT2D eigenvalue weighted by Crippen LogP contribution is 2.10. The fourth-order valence-corrected chi connectivity index (χ4v) is 2.11. The van der Waals surface area contributed by atoms with E-state index in [4.69, 9.17) is 5.11 Å². The summed E-state index contributed by atoms with van der Waals surface area (Å²) in [5.41, 5.74) is 1.54. The molecule has 7 heteroatoms. The lowest BCUT2D eigenvalue weighted by Crippen LogP contribution is -2.31. The number of hydrogen-bond donors (Lipinski definition) is 3. The first-order chi connectivity index (χ1) is 10.9. The van der Waals surface area contributed by atoms with Crippen LogP contribution < -0.4 is 16.2 Å². The highest BCUT2D eigenvalue weighted by molar-refractivity contribution is 5.99. The van der Waals surface area contributed by atoms with Crippen LogP contribution in [0, 0.1) is 13.8 Å². The number of aromatic nitrogens is 1. The van der Waals surface area contributed by atoms with Gasteiger partial charge in [0.15, 0.2) is 0 Å². The Bertz CT molecular complexity index is 811. The van der Waals surface area contributed by atoms with Gasteiger partial charge in [0.25, 0.3) is 5.56 Å². The maximum atomic E-state index is 12.2. The van der Waals surface area contributed by atoms with E-state index in [0.29, 0.717) is 11.4 Å². The Morgan fingerprint density at radius 1 is 1.13 bits per heavy atom. The van der Waals surface area contributed by atoms with Crippen molar-refractivity contribution in [3.8, 4) is 0 Å². The van der Waals surface area contributed by atoms with Gasteiger partial charge < -0.3 is 15.7 Å². The van der Waals surface area contributed by atoms with E-state index in [1.54, 1.807) is 31.2 Å². The van der Waals surface area contributed by atoms with Gasteiger partial charge in [-0.05, 0) is 43.7 Å². The number of nitrogens with zero attached hydrogens (tertiary/aromatic N) is 1. The zero-order chi connectivity index (χ0) is 17.0. The van der Waals surface area contributed by atoms with Crippen LogP contribution in [0.2, 0.25) is 0 Å². The number of carboxylic acids is 1. The highest BCUT2D eigenvalue weighted by atomic mass is 16.4. The van der Waals surface area contributed by atoms with E-state index in [1.807, 2.05) is 13.0 Å². The number of carbonyl (C=O) groups is 2. The first kappa shape index (κ1) is 16.3. The van der Waals surface area contributed by atoms with Gasteiger partial charge in [-0.3, -0.25) is 14.2 Å². The van der Waals surface area contributed by atoms with Crippen molar-refractivity contribution in [2.75, 3.05) is 10.6 Å². The number of hydrogen-bond acceptors (Lipinski definition) is 3. The zero-order valence-electron chi connectivity index (χ0n) is 12.8. The summed E-state index contributed by atoms with van der Waals surface area (Å²) >= 11 is 0. The normalized spacial score (nSPS) is 10.2. The van der Waals surface area contributed by atoms with Gasteiger partial charge in [0.05, 0.1) is 0 Å². The topological polar surface area (TPSA) is 100 Å². The lowest BCUT2D eigenvalue weighted by atomic mass is 10.2. The van der Waals surface area contributed by atoms with Crippen molar-refractivity contribution in [2.45, 2.75) is 20.4 Å². The summed E-state index contributed by atoms with van der Waals surface area (Å²) in [4.78, 5) is 35.0. The third-order valence-corrected chi connectivity index (χ3v) is 3.21. The lowest BCUT2D eigenvalue weighted by molar-refractivity contribution is -0.137. The molecule has 0 radical (unpaired) electrons. The molecule has 2 amide bonds. The molecule has 1 heterocycles. The van der Waals surface area contributed by atoms with Crippen LogP contribution in [-0.4, -0.2) is 21.7 Å². The molecule has 0 aliphatic heterocycles. The SMILES string of the molecule is Cc1cccc(NC(=O)Nc2ccc(C)n(CC(=O)O)c2=O)c1. The molecule has 0 aliphatic carbocycles. The van der Waals surface area contributed by atoms with Crippen molar-refractivity contribution < 1.29 is 14.7 Å². The van der Waals surface area contributed by atoms with Crippen molar-refractivity contribution in [1.29, 1.82) is 0 Å². The number of carbonyl (C=O) groups excluding carboxylic acids is 1. The zero-order valence-corrected chi connectivity index (χ0v) is 12.8. The van der Waals surface area contributed by atoms with Gasteiger partial charge in [-0.2, -0.15) is 0 Å². The minimum atomic E-state index is -1.13. The van der Waals surface area contributed by atoms with Crippen LogP contribution in [0.3, 0.4) is 0 Å². The third-order valence-electron chi connectivity index (χ3n) is 3.21. The van der Waals surface area contributed by atoms with E-state index in [1.165, 1.54) is 6.07 Å². The predicted molar refractivity (Wildman–Crippen MR) is 86.9 cm³/mol. The molecular weight excluding hydrogens is 298 g/mol. The Hall–Kier alpha value is -3.09. The minimum absolute atomic E-state index is 0.0157. The van der Waals surface area contributed by atoms with Crippen LogP contribution in [0.5, 0.6) is 0 Å². The fraction of sp³-hybridized carbons (Fsp3) is 0.188. The molecule has 0 atom stereocenters. The maximum Gasteiger partial charge on any atom is 0.323 e. The number of nitrogens with one attached hydrogen (secondary N) is 2. The van der Waals surface area contributed by atoms with Gasteiger partial charge in [-0.25, -0.2) is 4.79 Å². The Balaban J connectivity index is 2.18. The fourth-order valence-electron chi connectivity index (χ4n) is 2.11. The monoisotopic (exact) mass is 315 g/mol. The Morgan fingerprint density at radius 2 is 1.87 bits per heavy atom. The number of benzene rings is 1. The minimum Gasteiger partial charge on any atom is -0.480 e. The highest BCUT2D eigenvalue weighted by Gasteiger charge is 2.11. The Morgan fingerprint density at radius 3 is 2.52 bits per heavy atom. The molecule has 23 heavy (non-hydrogen) atoms. The Kier molecular flexibility index (Phi) is 4.80. The number of pyridine rings is 1. The van der Waals surface area contributed by atoms with Crippen LogP contribution >= 0.6 is 0 Å². The van der Waals surface area contributed by atoms with Crippen molar-refractivity contribution in [2.24, 2.45) is 0 Å². The smallest absolute Gasteiger partial charge is 0.323 e. The molecule has 0 aliphatic rings. The molecule has 1 aromatic heterocycles. The molecule has 2 rings (SSSR count). The summed E-state index contributed by atoms with van der Waals surface area (Å²) in [6.45, 7) is 3.06. The van der Waals surface area contributed by atoms with Gasteiger partial charge >= 0.3 is 12.0 Å². The second kappa shape index (κ2) is 6.78. The summed E-state index contributed by atoms with van der Waals surface area (Å²) in [7, 11) is 0. The number of aryl methyl sites for hydroxylation is 2. The van der Waals surface area contributed by atoms with Gasteiger partial charge in [0, 0.05) is 11.4 Å². The number of carboxylic acid groups (broad SMARTS) is 1. The molecule has 0 fully saturated rings. The van der Waals surface area contributed by atoms with Crippen LogP contribution in [0.15, 0.2) is 41.2 Å². The average Bonchev–Trinajstić information content (AvgIpc) is 2.46. The second-order valence-corrected chi connectivity index (χ2v) is 5.12. The van der Waals surface area contributed by atoms with Gasteiger partial charge in [0.2, 0.25) is 0 Å². The number of urea groups is 1. The molecule has 120 valence electrons. The first-order valence-electron chi connectivity index (χ1n) is 6.94. The van der Waals surface area contributed by atoms with E-state index >= 15 is 0 Å². The molecule has 2 aromatic rings. The van der Waals surface area contributed by atoms with Gasteiger partial charge in [0.1, 0.15) is 12.2 Å². The van der Waals surface area contributed by atoms with E-state index in [0.717, 1.165) is 10.1 Å². The molecule has 1 aromatic carbocycles. The molecular formula is C16H17N3O4. The maximum absolute atomic E-state index is 12.2.